The molecule has 2 amide bonds. The fraction of sp³-hybridized carbons (Fsp3) is 0.286. The van der Waals surface area contributed by atoms with Gasteiger partial charge in [-0.1, -0.05) is 12.1 Å². The number of aromatic nitrogens is 4. The van der Waals surface area contributed by atoms with Gasteiger partial charge in [0.15, 0.2) is 0 Å². The number of alkyl halides is 3. The van der Waals surface area contributed by atoms with E-state index in [1.54, 1.807) is 24.9 Å². The molecule has 1 aromatic carbocycles. The summed E-state index contributed by atoms with van der Waals surface area (Å²) in [6.07, 6.45) is 4.46. The van der Waals surface area contributed by atoms with Crippen LogP contribution in [0.1, 0.15) is 23.2 Å². The van der Waals surface area contributed by atoms with Gasteiger partial charge in [-0.05, 0) is 36.6 Å². The Hall–Kier alpha value is -5.41. The molecule has 0 saturated carbocycles. The fourth-order valence-corrected chi connectivity index (χ4v) is 4.96. The van der Waals surface area contributed by atoms with Crippen LogP contribution >= 0.6 is 0 Å². The molecule has 44 heavy (non-hydrogen) atoms. The normalized spacial score (nSPS) is 14.9. The molecule has 13 nitrogen and oxygen atoms in total. The zero-order valence-corrected chi connectivity index (χ0v) is 23.2. The number of hydrogen-bond acceptors (Lipinski definition) is 8. The Morgan fingerprint density at radius 1 is 1.14 bits per heavy atom. The van der Waals surface area contributed by atoms with Crippen molar-refractivity contribution in [2.45, 2.75) is 31.6 Å². The van der Waals surface area contributed by atoms with Crippen LogP contribution in [0.4, 0.5) is 30.5 Å². The van der Waals surface area contributed by atoms with Gasteiger partial charge in [0.2, 0.25) is 5.82 Å². The second kappa shape index (κ2) is 12.4. The summed E-state index contributed by atoms with van der Waals surface area (Å²) in [6, 6.07) is 9.44. The molecule has 1 saturated heterocycles. The van der Waals surface area contributed by atoms with E-state index in [0.29, 0.717) is 36.5 Å². The lowest BCUT2D eigenvalue weighted by molar-refractivity contribution is -0.384. The first-order chi connectivity index (χ1) is 21.0. The molecule has 16 heteroatoms. The van der Waals surface area contributed by atoms with E-state index >= 15 is 0 Å². The number of aryl methyl sites for hydroxylation is 1. The molecule has 1 atom stereocenters. The van der Waals surface area contributed by atoms with Crippen LogP contribution in [-0.2, 0) is 11.3 Å². The van der Waals surface area contributed by atoms with Crippen molar-refractivity contribution in [3.05, 3.63) is 83.2 Å². The topological polar surface area (TPSA) is 166 Å². The number of amides is 2. The third kappa shape index (κ3) is 6.79. The standard InChI is InChI=1S/C28H28F3N9O4/c29-28(30,31)27(42)35-19-8-12-38(14-19)26(41)22-16-37(11-1-9-34-24-7-6-23(40(43)44)25(32)36-24)15-21(22)18-2-4-20(5-3-18)39-13-10-33-17-39/h2-7,10,13,15-17,19H,1,8-9,11-12,14H2,(H,35,42)(H3,32,34,36). The van der Waals surface area contributed by atoms with E-state index < -0.39 is 23.0 Å². The van der Waals surface area contributed by atoms with E-state index in [1.165, 1.54) is 17.0 Å². The van der Waals surface area contributed by atoms with Crippen LogP contribution < -0.4 is 16.4 Å². The third-order valence-corrected chi connectivity index (χ3v) is 7.16. The van der Waals surface area contributed by atoms with Gasteiger partial charge in [0.1, 0.15) is 5.82 Å². The van der Waals surface area contributed by atoms with Gasteiger partial charge in [-0.15, -0.1) is 0 Å². The van der Waals surface area contributed by atoms with Gasteiger partial charge in [0, 0.05) is 74.3 Å². The zero-order valence-electron chi connectivity index (χ0n) is 23.2. The number of imidazole rings is 1. The molecular weight excluding hydrogens is 583 g/mol. The van der Waals surface area contributed by atoms with Crippen LogP contribution in [0.25, 0.3) is 16.8 Å². The van der Waals surface area contributed by atoms with Crippen LogP contribution in [0.5, 0.6) is 0 Å². The van der Waals surface area contributed by atoms with E-state index in [0.717, 1.165) is 11.3 Å². The maximum Gasteiger partial charge on any atom is 0.471 e. The van der Waals surface area contributed by atoms with Crippen molar-refractivity contribution in [3.8, 4) is 16.8 Å². The average Bonchev–Trinajstić information content (AvgIpc) is 3.76. The average molecular weight is 612 g/mol. The first-order valence-electron chi connectivity index (χ1n) is 13.6. The number of nitrogens with two attached hydrogens (primary N) is 1. The van der Waals surface area contributed by atoms with E-state index in [1.807, 2.05) is 44.9 Å². The smallest absolute Gasteiger partial charge is 0.378 e. The number of hydrogen-bond donors (Lipinski definition) is 3. The Kier molecular flexibility index (Phi) is 8.50. The van der Waals surface area contributed by atoms with E-state index in [2.05, 4.69) is 15.3 Å². The minimum atomic E-state index is -5.00. The largest absolute Gasteiger partial charge is 0.471 e. The Balaban J connectivity index is 1.31. The van der Waals surface area contributed by atoms with E-state index in [9.17, 15) is 32.9 Å². The highest BCUT2D eigenvalue weighted by Gasteiger charge is 2.41. The SMILES string of the molecule is Nc1nc(NCCCn2cc(C(=O)N3CCC(NC(=O)C(F)(F)F)C3)c(-c3ccc(-n4ccnc4)cc3)c2)ccc1[N+](=O)[O-]. The number of pyridine rings is 1. The molecule has 230 valence electrons. The molecule has 0 bridgehead atoms. The van der Waals surface area contributed by atoms with Crippen molar-refractivity contribution >= 4 is 29.1 Å². The molecule has 4 N–H and O–H groups in total. The predicted molar refractivity (Wildman–Crippen MR) is 154 cm³/mol. The fourth-order valence-electron chi connectivity index (χ4n) is 4.96. The number of nitrogens with zero attached hydrogens (tertiary/aromatic N) is 6. The Labute approximate surface area is 248 Å². The lowest BCUT2D eigenvalue weighted by atomic mass is 10.0. The minimum Gasteiger partial charge on any atom is -0.378 e. The summed E-state index contributed by atoms with van der Waals surface area (Å²) in [5.41, 5.74) is 8.03. The highest BCUT2D eigenvalue weighted by atomic mass is 19.4. The van der Waals surface area contributed by atoms with Crippen molar-refractivity contribution in [2.75, 3.05) is 30.7 Å². The molecule has 0 radical (unpaired) electrons. The second-order valence-corrected chi connectivity index (χ2v) is 10.2. The summed E-state index contributed by atoms with van der Waals surface area (Å²) in [5.74, 6) is -2.19. The number of halogens is 3. The highest BCUT2D eigenvalue weighted by molar-refractivity contribution is 6.01. The van der Waals surface area contributed by atoms with Crippen LogP contribution in [0, 0.1) is 10.1 Å². The summed E-state index contributed by atoms with van der Waals surface area (Å²) in [7, 11) is 0. The summed E-state index contributed by atoms with van der Waals surface area (Å²) in [4.78, 5) is 44.9. The number of anilines is 2. The van der Waals surface area contributed by atoms with Gasteiger partial charge in [-0.3, -0.25) is 19.7 Å². The third-order valence-electron chi connectivity index (χ3n) is 7.16. The van der Waals surface area contributed by atoms with E-state index in [-0.39, 0.29) is 36.9 Å². The molecule has 3 aromatic heterocycles. The van der Waals surface area contributed by atoms with E-state index in [4.69, 9.17) is 5.73 Å². The molecule has 4 heterocycles. The summed E-state index contributed by atoms with van der Waals surface area (Å²) in [6.45, 7) is 1.10. The molecule has 1 fully saturated rings. The quantitative estimate of drug-likeness (QED) is 0.139. The summed E-state index contributed by atoms with van der Waals surface area (Å²) < 4.78 is 41.9. The number of nitro groups is 1. The minimum absolute atomic E-state index is 0.0415. The lowest BCUT2D eigenvalue weighted by Gasteiger charge is -2.18. The predicted octanol–water partition coefficient (Wildman–Crippen LogP) is 3.62. The Bertz CT molecular complexity index is 1650. The molecule has 1 unspecified atom stereocenters. The summed E-state index contributed by atoms with van der Waals surface area (Å²) in [5, 5.41) is 16.0. The van der Waals surface area contributed by atoms with Crippen LogP contribution in [0.15, 0.2) is 67.5 Å². The number of rotatable bonds is 10. The van der Waals surface area contributed by atoms with Gasteiger partial charge >= 0.3 is 17.8 Å². The van der Waals surface area contributed by atoms with Gasteiger partial charge < -0.3 is 30.4 Å². The van der Waals surface area contributed by atoms with Crippen LogP contribution in [-0.4, -0.2) is 72.6 Å². The molecular formula is C28H28F3N9O4. The molecule has 0 aliphatic carbocycles. The highest BCUT2D eigenvalue weighted by Crippen LogP contribution is 2.29. The van der Waals surface area contributed by atoms with Crippen molar-refractivity contribution < 1.29 is 27.7 Å². The Morgan fingerprint density at radius 2 is 1.91 bits per heavy atom. The van der Waals surface area contributed by atoms with Crippen molar-refractivity contribution in [1.29, 1.82) is 0 Å². The zero-order chi connectivity index (χ0) is 31.4. The summed E-state index contributed by atoms with van der Waals surface area (Å²) >= 11 is 0. The van der Waals surface area contributed by atoms with Crippen molar-refractivity contribution in [1.82, 2.24) is 29.3 Å². The monoisotopic (exact) mass is 611 g/mol. The lowest BCUT2D eigenvalue weighted by Crippen LogP contribution is -2.44. The second-order valence-electron chi connectivity index (χ2n) is 10.2. The molecule has 0 spiro atoms. The number of carbonyl (C=O) groups excluding carboxylic acids is 2. The maximum absolute atomic E-state index is 13.6. The number of likely N-dealkylation sites (tertiary alicyclic amines) is 1. The van der Waals surface area contributed by atoms with Gasteiger partial charge in [-0.2, -0.15) is 13.2 Å². The number of benzene rings is 1. The Morgan fingerprint density at radius 3 is 2.57 bits per heavy atom. The van der Waals surface area contributed by atoms with Crippen LogP contribution in [0.3, 0.4) is 0 Å². The van der Waals surface area contributed by atoms with Gasteiger partial charge in [-0.25, -0.2) is 9.97 Å². The van der Waals surface area contributed by atoms with Gasteiger partial charge in [0.25, 0.3) is 5.91 Å². The maximum atomic E-state index is 13.6. The molecule has 1 aliphatic heterocycles. The van der Waals surface area contributed by atoms with Crippen molar-refractivity contribution in [2.24, 2.45) is 0 Å². The van der Waals surface area contributed by atoms with Gasteiger partial charge in [0.05, 0.1) is 16.8 Å². The molecule has 1 aliphatic rings. The van der Waals surface area contributed by atoms with Crippen molar-refractivity contribution in [3.63, 3.8) is 0 Å². The number of nitrogen functional groups attached to an aromatic ring is 1. The first kappa shape index (κ1) is 30.1. The number of nitrogens with one attached hydrogen (secondary N) is 2. The molecule has 5 rings (SSSR count). The first-order valence-corrected chi connectivity index (χ1v) is 13.6. The molecule has 4 aromatic rings. The number of carbonyl (C=O) groups is 2. The van der Waals surface area contributed by atoms with Crippen LogP contribution in [0.2, 0.25) is 0 Å².